The molecule has 0 aromatic heterocycles. The molecule has 0 spiro atoms. The second-order valence-electron chi connectivity index (χ2n) is 4.38. The monoisotopic (exact) mass is 292 g/mol. The number of hydrogen-bond donors (Lipinski definition) is 5. The summed E-state index contributed by atoms with van der Waals surface area (Å²) in [5, 5.41) is 46.9. The standard InChI is InChI=1S/C14H12O7/c1-6-2-8(15)13(19)11(3-6)21-14(20)7-4-9(16)12(18)10(17)5-7/h2-5,15-19H,1H3. The first-order chi connectivity index (χ1) is 9.79. The Kier molecular flexibility index (Phi) is 3.49. The van der Waals surface area contributed by atoms with E-state index in [1.165, 1.54) is 12.1 Å². The van der Waals surface area contributed by atoms with Gasteiger partial charge in [-0.25, -0.2) is 4.79 Å². The van der Waals surface area contributed by atoms with Crippen LogP contribution in [0.3, 0.4) is 0 Å². The molecule has 0 fully saturated rings. The Morgan fingerprint density at radius 1 is 0.857 bits per heavy atom. The van der Waals surface area contributed by atoms with Gasteiger partial charge in [0, 0.05) is 0 Å². The van der Waals surface area contributed by atoms with Crippen molar-refractivity contribution in [2.24, 2.45) is 0 Å². The zero-order valence-electron chi connectivity index (χ0n) is 10.9. The summed E-state index contributed by atoms with van der Waals surface area (Å²) in [6, 6.07) is 4.39. The average Bonchev–Trinajstić information content (AvgIpc) is 2.40. The molecule has 0 heterocycles. The van der Waals surface area contributed by atoms with Crippen molar-refractivity contribution in [3.05, 3.63) is 35.4 Å². The minimum absolute atomic E-state index is 0.247. The molecular weight excluding hydrogens is 280 g/mol. The Balaban J connectivity index is 2.35. The Morgan fingerprint density at radius 3 is 1.95 bits per heavy atom. The summed E-state index contributed by atoms with van der Waals surface area (Å²) in [6.45, 7) is 1.62. The molecule has 7 heteroatoms. The Labute approximate surface area is 118 Å². The van der Waals surface area contributed by atoms with Crippen LogP contribution in [0, 0.1) is 6.92 Å². The van der Waals surface area contributed by atoms with Crippen molar-refractivity contribution in [2.45, 2.75) is 6.92 Å². The van der Waals surface area contributed by atoms with Gasteiger partial charge >= 0.3 is 5.97 Å². The molecule has 0 saturated heterocycles. The molecule has 2 rings (SSSR count). The maximum Gasteiger partial charge on any atom is 0.343 e. The number of carbonyl (C=O) groups excluding carboxylic acids is 1. The van der Waals surface area contributed by atoms with Gasteiger partial charge in [-0.3, -0.25) is 0 Å². The zero-order chi connectivity index (χ0) is 15.7. The fourth-order valence-electron chi connectivity index (χ4n) is 1.69. The van der Waals surface area contributed by atoms with Gasteiger partial charge in [-0.1, -0.05) is 0 Å². The number of ether oxygens (including phenoxy) is 1. The van der Waals surface area contributed by atoms with Gasteiger partial charge in [0.2, 0.25) is 5.75 Å². The van der Waals surface area contributed by atoms with Crippen molar-refractivity contribution < 1.29 is 35.1 Å². The first-order valence-corrected chi connectivity index (χ1v) is 5.79. The third-order valence-corrected chi connectivity index (χ3v) is 2.71. The molecule has 21 heavy (non-hydrogen) atoms. The zero-order valence-corrected chi connectivity index (χ0v) is 10.9. The summed E-state index contributed by atoms with van der Waals surface area (Å²) in [7, 11) is 0. The topological polar surface area (TPSA) is 127 Å². The molecule has 2 aromatic carbocycles. The molecule has 0 radical (unpaired) electrons. The van der Waals surface area contributed by atoms with Crippen molar-refractivity contribution in [3.63, 3.8) is 0 Å². The van der Waals surface area contributed by atoms with E-state index < -0.39 is 34.7 Å². The van der Waals surface area contributed by atoms with Crippen molar-refractivity contribution in [3.8, 4) is 34.5 Å². The van der Waals surface area contributed by atoms with E-state index in [1.54, 1.807) is 6.92 Å². The highest BCUT2D eigenvalue weighted by molar-refractivity contribution is 5.93. The second kappa shape index (κ2) is 5.12. The predicted octanol–water partition coefficient (Wildman–Crippen LogP) is 1.74. The van der Waals surface area contributed by atoms with Gasteiger partial charge in [-0.15, -0.1) is 0 Å². The van der Waals surface area contributed by atoms with E-state index >= 15 is 0 Å². The lowest BCUT2D eigenvalue weighted by atomic mass is 10.1. The van der Waals surface area contributed by atoms with E-state index in [0.717, 1.165) is 12.1 Å². The lowest BCUT2D eigenvalue weighted by molar-refractivity contribution is 0.0728. The first kappa shape index (κ1) is 14.3. The molecule has 0 saturated carbocycles. The third-order valence-electron chi connectivity index (χ3n) is 2.71. The minimum atomic E-state index is -0.999. The van der Waals surface area contributed by atoms with Gasteiger partial charge in [0.25, 0.3) is 0 Å². The van der Waals surface area contributed by atoms with Crippen LogP contribution >= 0.6 is 0 Å². The first-order valence-electron chi connectivity index (χ1n) is 5.79. The van der Waals surface area contributed by atoms with Crippen LogP contribution in [0.1, 0.15) is 15.9 Å². The van der Waals surface area contributed by atoms with Crippen molar-refractivity contribution in [2.75, 3.05) is 0 Å². The van der Waals surface area contributed by atoms with E-state index in [9.17, 15) is 30.3 Å². The van der Waals surface area contributed by atoms with E-state index in [0.29, 0.717) is 5.56 Å². The maximum atomic E-state index is 11.9. The summed E-state index contributed by atoms with van der Waals surface area (Å²) in [5.41, 5.74) is 0.299. The second-order valence-corrected chi connectivity index (χ2v) is 4.38. The number of aryl methyl sites for hydroxylation is 1. The van der Waals surface area contributed by atoms with Gasteiger partial charge < -0.3 is 30.3 Å². The fraction of sp³-hybridized carbons (Fsp3) is 0.0714. The fourth-order valence-corrected chi connectivity index (χ4v) is 1.69. The lowest BCUT2D eigenvalue weighted by Gasteiger charge is -2.09. The lowest BCUT2D eigenvalue weighted by Crippen LogP contribution is -2.08. The highest BCUT2D eigenvalue weighted by atomic mass is 16.5. The van der Waals surface area contributed by atoms with Gasteiger partial charge in [-0.05, 0) is 36.8 Å². The van der Waals surface area contributed by atoms with Crippen LogP contribution in [-0.4, -0.2) is 31.5 Å². The summed E-state index contributed by atoms with van der Waals surface area (Å²) < 4.78 is 4.89. The molecule has 0 aliphatic carbocycles. The molecule has 0 bridgehead atoms. The van der Waals surface area contributed by atoms with Crippen molar-refractivity contribution in [1.82, 2.24) is 0 Å². The predicted molar refractivity (Wildman–Crippen MR) is 70.9 cm³/mol. The van der Waals surface area contributed by atoms with Crippen molar-refractivity contribution >= 4 is 5.97 Å². The molecular formula is C14H12O7. The third kappa shape index (κ3) is 2.76. The number of esters is 1. The number of aromatic hydroxyl groups is 5. The summed E-state index contributed by atoms with van der Waals surface area (Å²) in [5.74, 6) is -4.49. The van der Waals surface area contributed by atoms with Gasteiger partial charge in [0.1, 0.15) is 0 Å². The summed E-state index contributed by atoms with van der Waals surface area (Å²) >= 11 is 0. The molecule has 110 valence electrons. The van der Waals surface area contributed by atoms with Gasteiger partial charge in [0.05, 0.1) is 5.56 Å². The number of phenolic OH excluding ortho intramolecular Hbond substituents is 5. The van der Waals surface area contributed by atoms with E-state index in [1.807, 2.05) is 0 Å². The van der Waals surface area contributed by atoms with Crippen LogP contribution in [0.4, 0.5) is 0 Å². The molecule has 7 nitrogen and oxygen atoms in total. The quantitative estimate of drug-likeness (QED) is 0.324. The largest absolute Gasteiger partial charge is 0.504 e. The SMILES string of the molecule is Cc1cc(O)c(O)c(OC(=O)c2cc(O)c(O)c(O)c2)c1. The normalized spacial score (nSPS) is 10.3. The number of hydrogen-bond acceptors (Lipinski definition) is 7. The Hall–Kier alpha value is -3.09. The molecule has 2 aromatic rings. The highest BCUT2D eigenvalue weighted by Gasteiger charge is 2.18. The smallest absolute Gasteiger partial charge is 0.343 e. The van der Waals surface area contributed by atoms with Crippen LogP contribution in [0.15, 0.2) is 24.3 Å². The molecule has 0 atom stereocenters. The van der Waals surface area contributed by atoms with Crippen molar-refractivity contribution in [1.29, 1.82) is 0 Å². The van der Waals surface area contributed by atoms with E-state index in [4.69, 9.17) is 4.74 Å². The number of carbonyl (C=O) groups is 1. The van der Waals surface area contributed by atoms with Crippen LogP contribution in [-0.2, 0) is 0 Å². The Morgan fingerprint density at radius 2 is 1.38 bits per heavy atom. The van der Waals surface area contributed by atoms with Crippen LogP contribution < -0.4 is 4.74 Å². The van der Waals surface area contributed by atoms with E-state index in [-0.39, 0.29) is 11.3 Å². The number of benzene rings is 2. The average molecular weight is 292 g/mol. The summed E-state index contributed by atoms with van der Waals surface area (Å²) in [4.78, 5) is 11.9. The summed E-state index contributed by atoms with van der Waals surface area (Å²) in [6.07, 6.45) is 0. The molecule has 5 N–H and O–H groups in total. The molecule has 0 aliphatic rings. The minimum Gasteiger partial charge on any atom is -0.504 e. The van der Waals surface area contributed by atoms with Crippen LogP contribution in [0.5, 0.6) is 34.5 Å². The maximum absolute atomic E-state index is 11.9. The van der Waals surface area contributed by atoms with E-state index in [2.05, 4.69) is 0 Å². The van der Waals surface area contributed by atoms with Gasteiger partial charge in [-0.2, -0.15) is 0 Å². The van der Waals surface area contributed by atoms with Crippen LogP contribution in [0.2, 0.25) is 0 Å². The molecule has 0 amide bonds. The number of phenols is 5. The Bertz CT molecular complexity index is 698. The van der Waals surface area contributed by atoms with Gasteiger partial charge in [0.15, 0.2) is 28.7 Å². The highest BCUT2D eigenvalue weighted by Crippen LogP contribution is 2.38. The molecule has 0 aliphatic heterocycles. The van der Waals surface area contributed by atoms with Crippen LogP contribution in [0.25, 0.3) is 0 Å². The number of rotatable bonds is 2. The molecule has 0 unspecified atom stereocenters.